The van der Waals surface area contributed by atoms with E-state index < -0.39 is 11.7 Å². The minimum atomic E-state index is -4.38. The first kappa shape index (κ1) is 18.6. The van der Waals surface area contributed by atoms with Gasteiger partial charge in [0.05, 0.1) is 5.56 Å². The molecule has 1 fully saturated rings. The van der Waals surface area contributed by atoms with Crippen molar-refractivity contribution in [1.29, 1.82) is 0 Å². The molecule has 2 aromatic heterocycles. The summed E-state index contributed by atoms with van der Waals surface area (Å²) in [7, 11) is 0. The Morgan fingerprint density at radius 1 is 1.04 bits per heavy atom. The molecule has 1 saturated heterocycles. The Hall–Kier alpha value is -2.78. The van der Waals surface area contributed by atoms with Gasteiger partial charge in [0.15, 0.2) is 5.82 Å². The molecule has 0 spiro atoms. The van der Waals surface area contributed by atoms with Crippen molar-refractivity contribution in [3.63, 3.8) is 0 Å². The SMILES string of the molecule is OC[C@@H]1CNC[C@H]1Nc1ncc(-c2ccc(C(F)(F)F)cc2)c2nccnc12. The number of hydrogen-bond donors (Lipinski definition) is 3. The number of halogens is 3. The highest BCUT2D eigenvalue weighted by Crippen LogP contribution is 2.33. The lowest BCUT2D eigenvalue weighted by Gasteiger charge is -2.19. The summed E-state index contributed by atoms with van der Waals surface area (Å²) in [6.45, 7) is 1.45. The molecule has 0 aliphatic carbocycles. The molecule has 6 nitrogen and oxygen atoms in total. The van der Waals surface area contributed by atoms with Gasteiger partial charge in [-0.1, -0.05) is 12.1 Å². The van der Waals surface area contributed by atoms with Gasteiger partial charge in [-0.25, -0.2) is 9.97 Å². The number of aliphatic hydroxyl groups excluding tert-OH is 1. The third kappa shape index (κ3) is 3.50. The number of nitrogens with zero attached hydrogens (tertiary/aromatic N) is 3. The summed E-state index contributed by atoms with van der Waals surface area (Å²) in [5, 5.41) is 16.0. The summed E-state index contributed by atoms with van der Waals surface area (Å²) in [4.78, 5) is 13.2. The molecule has 0 amide bonds. The highest BCUT2D eigenvalue weighted by molar-refractivity contribution is 5.96. The second-order valence-electron chi connectivity index (χ2n) is 6.70. The van der Waals surface area contributed by atoms with Crippen molar-refractivity contribution in [2.45, 2.75) is 12.2 Å². The number of pyridine rings is 1. The Bertz CT molecular complexity index is 977. The van der Waals surface area contributed by atoms with Crippen LogP contribution in [0.2, 0.25) is 0 Å². The van der Waals surface area contributed by atoms with Gasteiger partial charge in [0.25, 0.3) is 0 Å². The van der Waals surface area contributed by atoms with Gasteiger partial charge in [-0.2, -0.15) is 13.2 Å². The first-order valence-corrected chi connectivity index (χ1v) is 8.83. The second kappa shape index (κ2) is 7.33. The zero-order valence-corrected chi connectivity index (χ0v) is 14.7. The minimum Gasteiger partial charge on any atom is -0.396 e. The smallest absolute Gasteiger partial charge is 0.396 e. The number of aromatic nitrogens is 3. The molecule has 4 rings (SSSR count). The summed E-state index contributed by atoms with van der Waals surface area (Å²) >= 11 is 0. The van der Waals surface area contributed by atoms with Crippen LogP contribution >= 0.6 is 0 Å². The van der Waals surface area contributed by atoms with Crippen LogP contribution in [-0.4, -0.2) is 45.8 Å². The van der Waals surface area contributed by atoms with Gasteiger partial charge in [-0.05, 0) is 17.7 Å². The van der Waals surface area contributed by atoms with Crippen molar-refractivity contribution >= 4 is 16.9 Å². The summed E-state index contributed by atoms with van der Waals surface area (Å²) in [5.74, 6) is 0.592. The molecule has 0 radical (unpaired) electrons. The van der Waals surface area contributed by atoms with E-state index in [4.69, 9.17) is 0 Å². The average molecular weight is 389 g/mol. The molecule has 3 N–H and O–H groups in total. The molecule has 1 aliphatic rings. The fourth-order valence-corrected chi connectivity index (χ4v) is 3.38. The number of alkyl halides is 3. The molecule has 9 heteroatoms. The average Bonchev–Trinajstić information content (AvgIpc) is 3.15. The Labute approximate surface area is 158 Å². The molecule has 0 bridgehead atoms. The molecule has 3 aromatic rings. The van der Waals surface area contributed by atoms with E-state index in [9.17, 15) is 18.3 Å². The van der Waals surface area contributed by atoms with Crippen molar-refractivity contribution in [2.75, 3.05) is 25.0 Å². The van der Waals surface area contributed by atoms with E-state index in [0.717, 1.165) is 12.1 Å². The van der Waals surface area contributed by atoms with Gasteiger partial charge < -0.3 is 15.7 Å². The van der Waals surface area contributed by atoms with E-state index in [0.29, 0.717) is 41.1 Å². The normalized spacial score (nSPS) is 19.9. The molecule has 0 unspecified atom stereocenters. The topological polar surface area (TPSA) is 83.0 Å². The Balaban J connectivity index is 1.72. The standard InChI is InChI=1S/C19H18F3N5O/c20-19(21,22)13-3-1-11(2-4-13)14-8-26-18(17-16(14)24-5-6-25-17)27-15-9-23-7-12(15)10-28/h1-6,8,12,15,23,28H,7,9-10H2,(H,26,27)/t12-,15+/m0/s1. The van der Waals surface area contributed by atoms with Crippen LogP contribution in [0.15, 0.2) is 42.9 Å². The number of rotatable bonds is 4. The molecule has 1 aromatic carbocycles. The van der Waals surface area contributed by atoms with Crippen LogP contribution in [0.3, 0.4) is 0 Å². The number of nitrogens with one attached hydrogen (secondary N) is 2. The Morgan fingerprint density at radius 3 is 2.43 bits per heavy atom. The van der Waals surface area contributed by atoms with Crippen molar-refractivity contribution < 1.29 is 18.3 Å². The lowest BCUT2D eigenvalue weighted by Crippen LogP contribution is -2.30. The fraction of sp³-hybridized carbons (Fsp3) is 0.316. The van der Waals surface area contributed by atoms with E-state index in [1.54, 1.807) is 12.4 Å². The van der Waals surface area contributed by atoms with Crippen LogP contribution in [0.4, 0.5) is 19.0 Å². The van der Waals surface area contributed by atoms with E-state index in [-0.39, 0.29) is 18.6 Å². The predicted molar refractivity (Wildman–Crippen MR) is 98.6 cm³/mol. The van der Waals surface area contributed by atoms with Gasteiger partial charge >= 0.3 is 6.18 Å². The largest absolute Gasteiger partial charge is 0.416 e. The van der Waals surface area contributed by atoms with Gasteiger partial charge in [0.1, 0.15) is 11.0 Å². The van der Waals surface area contributed by atoms with Crippen LogP contribution in [-0.2, 0) is 6.18 Å². The monoisotopic (exact) mass is 389 g/mol. The van der Waals surface area contributed by atoms with Crippen LogP contribution < -0.4 is 10.6 Å². The van der Waals surface area contributed by atoms with E-state index >= 15 is 0 Å². The van der Waals surface area contributed by atoms with E-state index in [1.165, 1.54) is 18.3 Å². The summed E-state index contributed by atoms with van der Waals surface area (Å²) in [6.07, 6.45) is 0.277. The van der Waals surface area contributed by atoms with Crippen molar-refractivity contribution in [3.8, 4) is 11.1 Å². The van der Waals surface area contributed by atoms with Gasteiger partial charge in [0, 0.05) is 55.8 Å². The zero-order valence-electron chi connectivity index (χ0n) is 14.7. The maximum Gasteiger partial charge on any atom is 0.416 e. The lowest BCUT2D eigenvalue weighted by molar-refractivity contribution is -0.137. The third-order valence-corrected chi connectivity index (χ3v) is 4.92. The lowest BCUT2D eigenvalue weighted by atomic mass is 10.0. The molecule has 3 heterocycles. The number of anilines is 1. The molecule has 28 heavy (non-hydrogen) atoms. The zero-order chi connectivity index (χ0) is 19.7. The number of benzene rings is 1. The number of hydrogen-bond acceptors (Lipinski definition) is 6. The fourth-order valence-electron chi connectivity index (χ4n) is 3.38. The predicted octanol–water partition coefficient (Wildman–Crippen LogP) is 2.70. The quantitative estimate of drug-likeness (QED) is 0.637. The first-order valence-electron chi connectivity index (χ1n) is 8.83. The van der Waals surface area contributed by atoms with Crippen molar-refractivity contribution in [1.82, 2.24) is 20.3 Å². The van der Waals surface area contributed by atoms with Crippen LogP contribution in [0.25, 0.3) is 22.2 Å². The van der Waals surface area contributed by atoms with Crippen LogP contribution in [0.5, 0.6) is 0 Å². The maximum atomic E-state index is 12.8. The number of aliphatic hydroxyl groups is 1. The summed E-state index contributed by atoms with van der Waals surface area (Å²) < 4.78 is 38.4. The van der Waals surface area contributed by atoms with Crippen molar-refractivity contribution in [2.24, 2.45) is 5.92 Å². The highest BCUT2D eigenvalue weighted by Gasteiger charge is 2.30. The van der Waals surface area contributed by atoms with E-state index in [2.05, 4.69) is 25.6 Å². The van der Waals surface area contributed by atoms with Crippen molar-refractivity contribution in [3.05, 3.63) is 48.4 Å². The first-order chi connectivity index (χ1) is 13.5. The molecule has 0 saturated carbocycles. The summed E-state index contributed by atoms with van der Waals surface area (Å²) in [6, 6.07) is 4.90. The summed E-state index contributed by atoms with van der Waals surface area (Å²) in [5.41, 5.74) is 1.55. The Morgan fingerprint density at radius 2 is 1.75 bits per heavy atom. The maximum absolute atomic E-state index is 12.8. The van der Waals surface area contributed by atoms with Gasteiger partial charge in [0.2, 0.25) is 0 Å². The molecule has 146 valence electrons. The van der Waals surface area contributed by atoms with Crippen LogP contribution in [0, 0.1) is 5.92 Å². The Kier molecular flexibility index (Phi) is 4.86. The molecular formula is C19H18F3N5O. The van der Waals surface area contributed by atoms with Gasteiger partial charge in [-0.3, -0.25) is 4.98 Å². The van der Waals surface area contributed by atoms with E-state index in [1.807, 2.05) is 0 Å². The number of fused-ring (bicyclic) bond motifs is 1. The molecule has 2 atom stereocenters. The molecule has 1 aliphatic heterocycles. The van der Waals surface area contributed by atoms with Crippen LogP contribution in [0.1, 0.15) is 5.56 Å². The highest BCUT2D eigenvalue weighted by atomic mass is 19.4. The second-order valence-corrected chi connectivity index (χ2v) is 6.70. The third-order valence-electron chi connectivity index (χ3n) is 4.92. The minimum absolute atomic E-state index is 0.000347. The molecular weight excluding hydrogens is 371 g/mol. The van der Waals surface area contributed by atoms with Gasteiger partial charge in [-0.15, -0.1) is 0 Å².